The SMILES string of the molecule is CC(=O)ONn1c([C@@H](C)F)nc2ccccc2c1=O. The number of hydrogen-bond donors (Lipinski definition) is 1. The summed E-state index contributed by atoms with van der Waals surface area (Å²) >= 11 is 0. The molecule has 1 heterocycles. The molecule has 1 aromatic heterocycles. The van der Waals surface area contributed by atoms with Crippen LogP contribution in [0.5, 0.6) is 0 Å². The summed E-state index contributed by atoms with van der Waals surface area (Å²) < 4.78 is 14.3. The molecule has 0 amide bonds. The molecule has 0 saturated carbocycles. The van der Waals surface area contributed by atoms with Crippen molar-refractivity contribution >= 4 is 16.9 Å². The first-order valence-electron chi connectivity index (χ1n) is 5.60. The Morgan fingerprint density at radius 3 is 2.79 bits per heavy atom. The van der Waals surface area contributed by atoms with Crippen LogP contribution in [0.15, 0.2) is 29.1 Å². The number of nitrogens with zero attached hydrogens (tertiary/aromatic N) is 2. The van der Waals surface area contributed by atoms with E-state index < -0.39 is 17.7 Å². The second kappa shape index (κ2) is 5.05. The van der Waals surface area contributed by atoms with Gasteiger partial charge in [-0.05, 0) is 19.1 Å². The largest absolute Gasteiger partial charge is 0.331 e. The lowest BCUT2D eigenvalue weighted by atomic mass is 10.2. The van der Waals surface area contributed by atoms with Crippen molar-refractivity contribution in [2.24, 2.45) is 0 Å². The molecule has 6 nitrogen and oxygen atoms in total. The van der Waals surface area contributed by atoms with E-state index in [1.54, 1.807) is 24.3 Å². The number of benzene rings is 1. The van der Waals surface area contributed by atoms with Crippen LogP contribution in [0, 0.1) is 0 Å². The molecule has 0 fully saturated rings. The lowest BCUT2D eigenvalue weighted by molar-refractivity contribution is -0.139. The average Bonchev–Trinajstić information content (AvgIpc) is 2.37. The fourth-order valence-corrected chi connectivity index (χ4v) is 1.61. The molecule has 0 unspecified atom stereocenters. The molecule has 0 aliphatic carbocycles. The predicted molar refractivity (Wildman–Crippen MR) is 66.7 cm³/mol. The van der Waals surface area contributed by atoms with E-state index in [0.717, 1.165) is 11.6 Å². The van der Waals surface area contributed by atoms with E-state index in [2.05, 4.69) is 15.4 Å². The Hall–Kier alpha value is -2.44. The minimum Gasteiger partial charge on any atom is -0.328 e. The number of para-hydroxylation sites is 1. The van der Waals surface area contributed by atoms with Crippen LogP contribution < -0.4 is 11.1 Å². The molecule has 7 heteroatoms. The summed E-state index contributed by atoms with van der Waals surface area (Å²) in [5, 5.41) is 0.298. The van der Waals surface area contributed by atoms with Gasteiger partial charge in [-0.15, -0.1) is 5.59 Å². The number of halogens is 1. The first-order valence-corrected chi connectivity index (χ1v) is 5.60. The smallest absolute Gasteiger partial charge is 0.328 e. The fourth-order valence-electron chi connectivity index (χ4n) is 1.61. The van der Waals surface area contributed by atoms with Crippen LogP contribution >= 0.6 is 0 Å². The van der Waals surface area contributed by atoms with Gasteiger partial charge in [0.25, 0.3) is 5.56 Å². The van der Waals surface area contributed by atoms with Gasteiger partial charge in [0, 0.05) is 6.92 Å². The van der Waals surface area contributed by atoms with E-state index in [-0.39, 0.29) is 5.82 Å². The van der Waals surface area contributed by atoms with Gasteiger partial charge in [0.05, 0.1) is 10.9 Å². The molecule has 1 atom stereocenters. The first-order chi connectivity index (χ1) is 9.00. The predicted octanol–water partition coefficient (Wildman–Crippen LogP) is 1.45. The van der Waals surface area contributed by atoms with E-state index >= 15 is 0 Å². The van der Waals surface area contributed by atoms with E-state index in [9.17, 15) is 14.0 Å². The standard InChI is InChI=1S/C12H12FN3O3/c1-7(13)11-14-10-6-4-3-5-9(10)12(18)16(11)15-19-8(2)17/h3-7,15H,1-2H3/t7-/m1/s1. The number of carbonyl (C=O) groups excluding carboxylic acids is 1. The van der Waals surface area contributed by atoms with Crippen molar-refractivity contribution in [1.82, 2.24) is 9.66 Å². The van der Waals surface area contributed by atoms with E-state index in [1.807, 2.05) is 0 Å². The second-order valence-corrected chi connectivity index (χ2v) is 3.93. The minimum absolute atomic E-state index is 0.162. The number of nitrogens with one attached hydrogen (secondary N) is 1. The summed E-state index contributed by atoms with van der Waals surface area (Å²) in [6.45, 7) is 2.40. The van der Waals surface area contributed by atoms with Crippen LogP contribution in [0.3, 0.4) is 0 Å². The van der Waals surface area contributed by atoms with E-state index in [4.69, 9.17) is 0 Å². The Morgan fingerprint density at radius 1 is 1.47 bits per heavy atom. The zero-order valence-electron chi connectivity index (χ0n) is 10.4. The highest BCUT2D eigenvalue weighted by Crippen LogP contribution is 2.15. The fraction of sp³-hybridized carbons (Fsp3) is 0.250. The number of hydrogen-bond acceptors (Lipinski definition) is 5. The lowest BCUT2D eigenvalue weighted by Crippen LogP contribution is -2.34. The zero-order chi connectivity index (χ0) is 14.0. The Morgan fingerprint density at radius 2 is 2.16 bits per heavy atom. The molecule has 0 aliphatic heterocycles. The molecule has 19 heavy (non-hydrogen) atoms. The van der Waals surface area contributed by atoms with Gasteiger partial charge in [0.1, 0.15) is 0 Å². The maximum absolute atomic E-state index is 13.5. The average molecular weight is 265 g/mol. The number of fused-ring (bicyclic) bond motifs is 1. The molecule has 0 saturated heterocycles. The monoisotopic (exact) mass is 265 g/mol. The highest BCUT2D eigenvalue weighted by Gasteiger charge is 2.16. The molecule has 100 valence electrons. The lowest BCUT2D eigenvalue weighted by Gasteiger charge is -2.14. The molecule has 1 N–H and O–H groups in total. The summed E-state index contributed by atoms with van der Waals surface area (Å²) in [7, 11) is 0. The normalized spacial score (nSPS) is 12.2. The number of aromatic nitrogens is 2. The van der Waals surface area contributed by atoms with Crippen molar-refractivity contribution < 1.29 is 14.0 Å². The third-order valence-corrected chi connectivity index (χ3v) is 2.44. The summed E-state index contributed by atoms with van der Waals surface area (Å²) in [6, 6.07) is 6.54. The molecule has 0 radical (unpaired) electrons. The van der Waals surface area contributed by atoms with Crippen molar-refractivity contribution in [3.63, 3.8) is 0 Å². The van der Waals surface area contributed by atoms with Crippen molar-refractivity contribution in [2.75, 3.05) is 5.59 Å². The quantitative estimate of drug-likeness (QED) is 0.850. The molecule has 1 aromatic carbocycles. The molecule has 2 aromatic rings. The van der Waals surface area contributed by atoms with Crippen LogP contribution in [0.2, 0.25) is 0 Å². The Balaban J connectivity index is 2.64. The van der Waals surface area contributed by atoms with Crippen molar-refractivity contribution in [2.45, 2.75) is 20.0 Å². The van der Waals surface area contributed by atoms with Crippen molar-refractivity contribution in [1.29, 1.82) is 0 Å². The third kappa shape index (κ3) is 2.54. The number of carbonyl (C=O) groups is 1. The van der Waals surface area contributed by atoms with Gasteiger partial charge < -0.3 is 4.84 Å². The highest BCUT2D eigenvalue weighted by atomic mass is 19.1. The van der Waals surface area contributed by atoms with E-state index in [0.29, 0.717) is 10.9 Å². The minimum atomic E-state index is -1.50. The van der Waals surface area contributed by atoms with Gasteiger partial charge in [0.2, 0.25) is 0 Å². The van der Waals surface area contributed by atoms with Crippen molar-refractivity contribution in [3.05, 3.63) is 40.4 Å². The second-order valence-electron chi connectivity index (χ2n) is 3.93. The van der Waals surface area contributed by atoms with Gasteiger partial charge in [-0.25, -0.2) is 14.2 Å². The maximum Gasteiger partial charge on any atom is 0.331 e. The summed E-state index contributed by atoms with van der Waals surface area (Å²) in [4.78, 5) is 31.5. The summed E-state index contributed by atoms with van der Waals surface area (Å²) in [5.41, 5.74) is 1.95. The van der Waals surface area contributed by atoms with E-state index in [1.165, 1.54) is 6.92 Å². The maximum atomic E-state index is 13.5. The van der Waals surface area contributed by atoms with Crippen LogP contribution in [-0.4, -0.2) is 15.6 Å². The van der Waals surface area contributed by atoms with Crippen LogP contribution in [-0.2, 0) is 9.63 Å². The van der Waals surface area contributed by atoms with Gasteiger partial charge in [-0.3, -0.25) is 4.79 Å². The van der Waals surface area contributed by atoms with Gasteiger partial charge in [0.15, 0.2) is 12.0 Å². The third-order valence-electron chi connectivity index (χ3n) is 2.44. The molecule has 2 rings (SSSR count). The van der Waals surface area contributed by atoms with Crippen LogP contribution in [0.1, 0.15) is 25.8 Å². The Labute approximate surface area is 107 Å². The number of alkyl halides is 1. The number of rotatable bonds is 3. The van der Waals surface area contributed by atoms with Gasteiger partial charge in [-0.1, -0.05) is 12.1 Å². The van der Waals surface area contributed by atoms with Crippen molar-refractivity contribution in [3.8, 4) is 0 Å². The zero-order valence-corrected chi connectivity index (χ0v) is 10.4. The highest BCUT2D eigenvalue weighted by molar-refractivity contribution is 5.77. The van der Waals surface area contributed by atoms with Gasteiger partial charge in [-0.2, -0.15) is 4.68 Å². The topological polar surface area (TPSA) is 73.2 Å². The molecule has 0 bridgehead atoms. The molecule has 0 aliphatic rings. The van der Waals surface area contributed by atoms with Crippen LogP contribution in [0.25, 0.3) is 10.9 Å². The Bertz CT molecular complexity index is 681. The summed E-state index contributed by atoms with van der Waals surface area (Å²) in [6.07, 6.45) is -1.50. The molecular formula is C12H12FN3O3. The first kappa shape index (κ1) is 13.0. The summed E-state index contributed by atoms with van der Waals surface area (Å²) in [5.74, 6) is -0.817. The Kier molecular flexibility index (Phi) is 3.46. The molecular weight excluding hydrogens is 253 g/mol. The van der Waals surface area contributed by atoms with Crippen LogP contribution in [0.4, 0.5) is 4.39 Å². The molecule has 0 spiro atoms. The van der Waals surface area contributed by atoms with Gasteiger partial charge >= 0.3 is 5.97 Å².